The molecule has 0 aliphatic carbocycles. The standard InChI is InChI=1S/C23H21ClN2O4S/c1-14(27)25-18-21(28)26-19(17(12-24)13-31-22(18)26)23(29)30-20(15-8-4-2-5-9-15)16-10-6-3-7-11-16/h2-11,18,20,22H,12-13H2,1H3,(H,25,27). The van der Waals surface area contributed by atoms with E-state index in [1.54, 1.807) is 0 Å². The molecule has 1 N–H and O–H groups in total. The minimum absolute atomic E-state index is 0.111. The lowest BCUT2D eigenvalue weighted by Gasteiger charge is -2.49. The number of ether oxygens (including phenoxy) is 1. The molecule has 0 aromatic heterocycles. The molecule has 2 atom stereocenters. The molecule has 0 bridgehead atoms. The molecule has 0 spiro atoms. The summed E-state index contributed by atoms with van der Waals surface area (Å²) in [5.74, 6) is -0.630. The largest absolute Gasteiger partial charge is 0.448 e. The zero-order chi connectivity index (χ0) is 22.0. The number of halogens is 1. The number of β-lactam (4-membered cyclic amide) rings is 1. The Kier molecular flexibility index (Phi) is 6.34. The van der Waals surface area contributed by atoms with Crippen molar-refractivity contribution in [2.45, 2.75) is 24.4 Å². The summed E-state index contributed by atoms with van der Waals surface area (Å²) in [6, 6.07) is 18.2. The van der Waals surface area contributed by atoms with Gasteiger partial charge in [0.25, 0.3) is 5.91 Å². The number of benzene rings is 2. The molecule has 2 aromatic carbocycles. The third kappa shape index (κ3) is 4.20. The SMILES string of the molecule is CC(=O)NC1C(=O)N2C(C(=O)OC(c3ccccc3)c3ccccc3)=C(CCl)CSC12. The molecule has 160 valence electrons. The number of carbonyl (C=O) groups excluding carboxylic acids is 3. The first kappa shape index (κ1) is 21.5. The van der Waals surface area contributed by atoms with Gasteiger partial charge in [0.1, 0.15) is 17.1 Å². The lowest BCUT2D eigenvalue weighted by Crippen LogP contribution is -2.70. The van der Waals surface area contributed by atoms with Gasteiger partial charge in [-0.2, -0.15) is 0 Å². The van der Waals surface area contributed by atoms with Crippen molar-refractivity contribution in [3.8, 4) is 0 Å². The van der Waals surface area contributed by atoms with Crippen LogP contribution in [0.4, 0.5) is 0 Å². The first-order valence-electron chi connectivity index (χ1n) is 9.82. The number of fused-ring (bicyclic) bond motifs is 1. The molecule has 2 amide bonds. The van der Waals surface area contributed by atoms with Crippen molar-refractivity contribution in [2.75, 3.05) is 11.6 Å². The highest BCUT2D eigenvalue weighted by Crippen LogP contribution is 2.41. The van der Waals surface area contributed by atoms with Gasteiger partial charge in [-0.15, -0.1) is 23.4 Å². The van der Waals surface area contributed by atoms with Crippen LogP contribution < -0.4 is 5.32 Å². The Bertz CT molecular complexity index is 989. The average molecular weight is 457 g/mol. The Labute approximate surface area is 189 Å². The highest BCUT2D eigenvalue weighted by Gasteiger charge is 2.54. The molecule has 2 heterocycles. The van der Waals surface area contributed by atoms with Gasteiger partial charge in [0.15, 0.2) is 6.10 Å². The molecule has 1 fully saturated rings. The highest BCUT2D eigenvalue weighted by molar-refractivity contribution is 8.00. The van der Waals surface area contributed by atoms with E-state index in [9.17, 15) is 14.4 Å². The quantitative estimate of drug-likeness (QED) is 0.410. The van der Waals surface area contributed by atoms with Gasteiger partial charge in [0, 0.05) is 18.6 Å². The summed E-state index contributed by atoms with van der Waals surface area (Å²) in [5.41, 5.74) is 2.47. The maximum Gasteiger partial charge on any atom is 0.356 e. The molecular formula is C23H21ClN2O4S. The van der Waals surface area contributed by atoms with Gasteiger partial charge >= 0.3 is 5.97 Å². The minimum atomic E-state index is -0.652. The predicted molar refractivity (Wildman–Crippen MR) is 119 cm³/mol. The molecule has 0 saturated carbocycles. The van der Waals surface area contributed by atoms with Gasteiger partial charge in [0.05, 0.1) is 0 Å². The summed E-state index contributed by atoms with van der Waals surface area (Å²) in [5, 5.41) is 2.31. The van der Waals surface area contributed by atoms with Crippen molar-refractivity contribution in [1.29, 1.82) is 0 Å². The van der Waals surface area contributed by atoms with Crippen molar-refractivity contribution >= 4 is 41.1 Å². The van der Waals surface area contributed by atoms with Gasteiger partial charge in [-0.1, -0.05) is 60.7 Å². The molecule has 6 nitrogen and oxygen atoms in total. The van der Waals surface area contributed by atoms with E-state index in [0.717, 1.165) is 11.1 Å². The van der Waals surface area contributed by atoms with Crippen LogP contribution in [0.3, 0.4) is 0 Å². The summed E-state index contributed by atoms with van der Waals surface area (Å²) >= 11 is 7.58. The number of alkyl halides is 1. The number of nitrogens with one attached hydrogen (secondary N) is 1. The zero-order valence-corrected chi connectivity index (χ0v) is 18.4. The number of hydrogen-bond acceptors (Lipinski definition) is 5. The van der Waals surface area contributed by atoms with Crippen molar-refractivity contribution in [2.24, 2.45) is 0 Å². The average Bonchev–Trinajstić information content (AvgIpc) is 2.80. The first-order chi connectivity index (χ1) is 15.0. The Morgan fingerprint density at radius 1 is 1.13 bits per heavy atom. The fourth-order valence-corrected chi connectivity index (χ4v) is 5.42. The van der Waals surface area contributed by atoms with Crippen LogP contribution in [0.25, 0.3) is 0 Å². The van der Waals surface area contributed by atoms with Crippen molar-refractivity contribution in [3.63, 3.8) is 0 Å². The summed E-state index contributed by atoms with van der Waals surface area (Å²) in [7, 11) is 0. The van der Waals surface area contributed by atoms with Crippen molar-refractivity contribution in [1.82, 2.24) is 10.2 Å². The van der Waals surface area contributed by atoms with Gasteiger partial charge in [0.2, 0.25) is 5.91 Å². The second kappa shape index (κ2) is 9.16. The molecule has 2 unspecified atom stereocenters. The van der Waals surface area contributed by atoms with Crippen LogP contribution >= 0.6 is 23.4 Å². The summed E-state index contributed by atoms with van der Waals surface area (Å²) < 4.78 is 5.97. The fraction of sp³-hybridized carbons (Fsp3) is 0.261. The number of carbonyl (C=O) groups is 3. The van der Waals surface area contributed by atoms with E-state index in [2.05, 4.69) is 5.32 Å². The smallest absolute Gasteiger partial charge is 0.356 e. The predicted octanol–water partition coefficient (Wildman–Crippen LogP) is 3.23. The maximum atomic E-state index is 13.4. The van der Waals surface area contributed by atoms with Crippen molar-refractivity contribution in [3.05, 3.63) is 83.1 Å². The summed E-state index contributed by atoms with van der Waals surface area (Å²) in [6.07, 6.45) is -0.630. The number of esters is 1. The van der Waals surface area contributed by atoms with E-state index in [1.807, 2.05) is 60.7 Å². The van der Waals surface area contributed by atoms with E-state index in [4.69, 9.17) is 16.3 Å². The molecule has 0 radical (unpaired) electrons. The van der Waals surface area contributed by atoms with Crippen LogP contribution in [0.2, 0.25) is 0 Å². The summed E-state index contributed by atoms with van der Waals surface area (Å²) in [6.45, 7) is 1.36. The highest BCUT2D eigenvalue weighted by atomic mass is 35.5. The third-order valence-corrected chi connectivity index (χ3v) is 6.85. The lowest BCUT2D eigenvalue weighted by atomic mass is 10.0. The fourth-order valence-electron chi connectivity index (χ4n) is 3.74. The number of rotatable bonds is 6. The maximum absolute atomic E-state index is 13.4. The molecule has 2 aliphatic rings. The Hall–Kier alpha value is -2.77. The topological polar surface area (TPSA) is 75.7 Å². The van der Waals surface area contributed by atoms with Gasteiger partial charge in [-0.3, -0.25) is 14.5 Å². The van der Waals surface area contributed by atoms with Crippen molar-refractivity contribution < 1.29 is 19.1 Å². The Morgan fingerprint density at radius 3 is 2.23 bits per heavy atom. The normalized spacial score (nSPS) is 20.2. The van der Waals surface area contributed by atoms with Crippen LogP contribution in [0.5, 0.6) is 0 Å². The Morgan fingerprint density at radius 2 is 1.71 bits per heavy atom. The molecule has 8 heteroatoms. The van der Waals surface area contributed by atoms with Crippen LogP contribution in [-0.2, 0) is 19.1 Å². The van der Waals surface area contributed by atoms with Crippen LogP contribution in [0, 0.1) is 0 Å². The Balaban J connectivity index is 1.64. The third-order valence-electron chi connectivity index (χ3n) is 5.19. The van der Waals surface area contributed by atoms with E-state index in [-0.39, 0.29) is 28.8 Å². The molecule has 4 rings (SSSR count). The number of hydrogen-bond donors (Lipinski definition) is 1. The van der Waals surface area contributed by atoms with E-state index >= 15 is 0 Å². The number of amides is 2. The molecule has 31 heavy (non-hydrogen) atoms. The number of nitrogens with zero attached hydrogens (tertiary/aromatic N) is 1. The molecule has 1 saturated heterocycles. The van der Waals surface area contributed by atoms with Crippen LogP contribution in [0.15, 0.2) is 71.9 Å². The van der Waals surface area contributed by atoms with Crippen LogP contribution in [0.1, 0.15) is 24.2 Å². The monoisotopic (exact) mass is 456 g/mol. The van der Waals surface area contributed by atoms with Crippen LogP contribution in [-0.4, -0.2) is 45.7 Å². The van der Waals surface area contributed by atoms with Gasteiger partial charge in [-0.05, 0) is 16.7 Å². The second-order valence-electron chi connectivity index (χ2n) is 7.28. The molecule has 2 aromatic rings. The van der Waals surface area contributed by atoms with E-state index in [0.29, 0.717) is 11.3 Å². The lowest BCUT2D eigenvalue weighted by molar-refractivity contribution is -0.154. The van der Waals surface area contributed by atoms with E-state index < -0.39 is 18.1 Å². The van der Waals surface area contributed by atoms with Gasteiger partial charge in [-0.25, -0.2) is 4.79 Å². The summed E-state index contributed by atoms with van der Waals surface area (Å²) in [4.78, 5) is 39.0. The van der Waals surface area contributed by atoms with Gasteiger partial charge < -0.3 is 10.1 Å². The molecular weight excluding hydrogens is 436 g/mol. The molecule has 2 aliphatic heterocycles. The number of thioether (sulfide) groups is 1. The first-order valence-corrected chi connectivity index (χ1v) is 11.4. The second-order valence-corrected chi connectivity index (χ2v) is 8.65. The minimum Gasteiger partial charge on any atom is -0.448 e. The van der Waals surface area contributed by atoms with E-state index in [1.165, 1.54) is 23.6 Å². The zero-order valence-electron chi connectivity index (χ0n) is 16.8.